The van der Waals surface area contributed by atoms with Gasteiger partial charge in [0.05, 0.1) is 21.6 Å². The van der Waals surface area contributed by atoms with Crippen LogP contribution in [0.4, 0.5) is 5.69 Å². The van der Waals surface area contributed by atoms with Gasteiger partial charge in [-0.25, -0.2) is 4.98 Å². The second-order valence-corrected chi connectivity index (χ2v) is 9.38. The largest absolute Gasteiger partial charge is 0.384 e. The lowest BCUT2D eigenvalue weighted by Crippen LogP contribution is -2.23. The van der Waals surface area contributed by atoms with Gasteiger partial charge in [-0.05, 0) is 64.7 Å². The number of amides is 1. The van der Waals surface area contributed by atoms with Gasteiger partial charge in [-0.2, -0.15) is 0 Å². The minimum atomic E-state index is -0.384. The number of carbonyl (C=O) groups excluding carboxylic acids is 1. The van der Waals surface area contributed by atoms with Crippen molar-refractivity contribution in [1.82, 2.24) is 4.98 Å². The van der Waals surface area contributed by atoms with Crippen LogP contribution in [0, 0.1) is 5.41 Å². The van der Waals surface area contributed by atoms with Gasteiger partial charge in [0.1, 0.15) is 5.84 Å². The Kier molecular flexibility index (Phi) is 5.43. The molecule has 3 aromatic carbocycles. The molecule has 4 N–H and O–H groups in total. The van der Waals surface area contributed by atoms with E-state index in [1.165, 1.54) is 0 Å². The zero-order chi connectivity index (χ0) is 22.1. The van der Waals surface area contributed by atoms with Crippen LogP contribution in [-0.2, 0) is 11.2 Å². The van der Waals surface area contributed by atoms with E-state index in [4.69, 9.17) is 11.1 Å². The zero-order valence-electron chi connectivity index (χ0n) is 17.0. The van der Waals surface area contributed by atoms with Crippen molar-refractivity contribution in [3.63, 3.8) is 0 Å². The Bertz CT molecular complexity index is 1440. The molecule has 0 radical (unpaired) electrons. The molecule has 0 bridgehead atoms. The highest BCUT2D eigenvalue weighted by atomic mass is 32.1. The molecule has 1 atom stereocenters. The number of thiazole rings is 1. The maximum atomic E-state index is 13.6. The number of fused-ring (bicyclic) bond motifs is 2. The summed E-state index contributed by atoms with van der Waals surface area (Å²) in [6.45, 7) is 0. The first kappa shape index (κ1) is 20.4. The maximum absolute atomic E-state index is 13.6. The number of amidine groups is 1. The number of anilines is 1. The molecule has 0 aliphatic heterocycles. The van der Waals surface area contributed by atoms with Crippen molar-refractivity contribution in [2.75, 3.05) is 5.32 Å². The second-order valence-electron chi connectivity index (χ2n) is 7.58. The normalized spacial score (nSPS) is 12.1. The molecule has 2 aromatic heterocycles. The van der Waals surface area contributed by atoms with Crippen LogP contribution in [0.15, 0.2) is 77.6 Å². The van der Waals surface area contributed by atoms with Crippen LogP contribution in [0.1, 0.15) is 22.6 Å². The Balaban J connectivity index is 1.54. The van der Waals surface area contributed by atoms with E-state index < -0.39 is 0 Å². The van der Waals surface area contributed by atoms with E-state index in [-0.39, 0.29) is 17.7 Å². The van der Waals surface area contributed by atoms with Crippen LogP contribution < -0.4 is 11.1 Å². The van der Waals surface area contributed by atoms with E-state index >= 15 is 0 Å². The highest BCUT2D eigenvalue weighted by molar-refractivity contribution is 7.17. The zero-order valence-corrected chi connectivity index (χ0v) is 18.7. The van der Waals surface area contributed by atoms with Crippen molar-refractivity contribution in [2.45, 2.75) is 12.3 Å². The van der Waals surface area contributed by atoms with E-state index in [2.05, 4.69) is 10.3 Å². The summed E-state index contributed by atoms with van der Waals surface area (Å²) in [7, 11) is 0. The summed E-state index contributed by atoms with van der Waals surface area (Å²) in [4.78, 5) is 17.9. The van der Waals surface area contributed by atoms with E-state index in [0.717, 1.165) is 37.1 Å². The number of hydrogen-bond donors (Lipinski definition) is 3. The number of benzene rings is 3. The molecule has 1 amide bonds. The molecule has 5 rings (SSSR count). The molecule has 0 aliphatic carbocycles. The Morgan fingerprint density at radius 1 is 1.03 bits per heavy atom. The van der Waals surface area contributed by atoms with Crippen LogP contribution in [0.5, 0.6) is 0 Å². The predicted octanol–water partition coefficient (Wildman–Crippen LogP) is 5.76. The van der Waals surface area contributed by atoms with Gasteiger partial charge >= 0.3 is 0 Å². The number of rotatable bonds is 6. The van der Waals surface area contributed by atoms with Crippen molar-refractivity contribution < 1.29 is 4.79 Å². The van der Waals surface area contributed by atoms with Crippen LogP contribution in [0.2, 0.25) is 0 Å². The maximum Gasteiger partial charge on any atom is 0.232 e. The first-order valence-corrected chi connectivity index (χ1v) is 11.9. The minimum Gasteiger partial charge on any atom is -0.384 e. The fraction of sp³-hybridized carbons (Fsp3) is 0.0800. The Morgan fingerprint density at radius 3 is 2.69 bits per heavy atom. The SMILES string of the molecule is N=C(N)c1ccc2scc([C@H](Cc3ccccc3)C(=O)Nc3ccc4ncsc4c3)c2c1. The highest BCUT2D eigenvalue weighted by Gasteiger charge is 2.25. The van der Waals surface area contributed by atoms with Gasteiger partial charge in [0, 0.05) is 16.0 Å². The number of nitrogen functional groups attached to an aromatic ring is 1. The standard InChI is InChI=1S/C25H20N4OS2/c26-24(27)16-6-9-22-18(11-16)20(13-31-22)19(10-15-4-2-1-3-5-15)25(30)29-17-7-8-21-23(12-17)32-14-28-21/h1-9,11-14,19H,10H2,(H3,26,27)(H,29,30)/t19-/m0/s1. The Hall–Kier alpha value is -3.55. The average molecular weight is 457 g/mol. The monoisotopic (exact) mass is 456 g/mol. The van der Waals surface area contributed by atoms with Gasteiger partial charge in [-0.15, -0.1) is 22.7 Å². The molecule has 0 fully saturated rings. The summed E-state index contributed by atoms with van der Waals surface area (Å²) in [5, 5.41) is 13.9. The topological polar surface area (TPSA) is 91.9 Å². The van der Waals surface area contributed by atoms with Gasteiger partial charge in [0.15, 0.2) is 0 Å². The van der Waals surface area contributed by atoms with Gasteiger partial charge < -0.3 is 11.1 Å². The fourth-order valence-electron chi connectivity index (χ4n) is 3.84. The third kappa shape index (κ3) is 4.00. The van der Waals surface area contributed by atoms with Crippen molar-refractivity contribution in [1.29, 1.82) is 5.41 Å². The summed E-state index contributed by atoms with van der Waals surface area (Å²) < 4.78 is 2.11. The Morgan fingerprint density at radius 2 is 1.88 bits per heavy atom. The molecule has 0 spiro atoms. The molecule has 158 valence electrons. The summed E-state index contributed by atoms with van der Waals surface area (Å²) in [6.07, 6.45) is 0.575. The molecule has 0 unspecified atom stereocenters. The molecular formula is C25H20N4OS2. The van der Waals surface area contributed by atoms with E-state index in [9.17, 15) is 4.79 Å². The van der Waals surface area contributed by atoms with Gasteiger partial charge in [0.25, 0.3) is 0 Å². The first-order chi connectivity index (χ1) is 15.6. The van der Waals surface area contributed by atoms with E-state index in [1.54, 1.807) is 28.2 Å². The lowest BCUT2D eigenvalue weighted by Gasteiger charge is -2.17. The Labute approximate surface area is 193 Å². The average Bonchev–Trinajstić information content (AvgIpc) is 3.44. The number of hydrogen-bond acceptors (Lipinski definition) is 5. The van der Waals surface area contributed by atoms with Crippen LogP contribution >= 0.6 is 22.7 Å². The van der Waals surface area contributed by atoms with Crippen molar-refractivity contribution in [3.05, 3.63) is 94.3 Å². The van der Waals surface area contributed by atoms with Crippen LogP contribution in [0.3, 0.4) is 0 Å². The lowest BCUT2D eigenvalue weighted by molar-refractivity contribution is -0.117. The third-order valence-electron chi connectivity index (χ3n) is 5.49. The minimum absolute atomic E-state index is 0.0194. The summed E-state index contributed by atoms with van der Waals surface area (Å²) in [5.41, 5.74) is 11.9. The van der Waals surface area contributed by atoms with Crippen LogP contribution in [0.25, 0.3) is 20.3 Å². The van der Waals surface area contributed by atoms with Crippen molar-refractivity contribution >= 4 is 60.4 Å². The molecule has 5 aromatic rings. The highest BCUT2D eigenvalue weighted by Crippen LogP contribution is 2.35. The van der Waals surface area contributed by atoms with Crippen molar-refractivity contribution in [3.8, 4) is 0 Å². The first-order valence-electron chi connectivity index (χ1n) is 10.1. The smallest absolute Gasteiger partial charge is 0.232 e. The van der Waals surface area contributed by atoms with Gasteiger partial charge in [-0.1, -0.05) is 30.3 Å². The number of nitrogens with zero attached hydrogens (tertiary/aromatic N) is 1. The van der Waals surface area contributed by atoms with Crippen LogP contribution in [-0.4, -0.2) is 16.7 Å². The molecule has 5 nitrogen and oxygen atoms in total. The number of aromatic nitrogens is 1. The van der Waals surface area contributed by atoms with Crippen molar-refractivity contribution in [2.24, 2.45) is 5.73 Å². The summed E-state index contributed by atoms with van der Waals surface area (Å²) >= 11 is 3.15. The molecule has 0 saturated heterocycles. The lowest BCUT2D eigenvalue weighted by atomic mass is 9.90. The number of thiophene rings is 1. The third-order valence-corrected chi connectivity index (χ3v) is 7.26. The van der Waals surface area contributed by atoms with E-state index in [1.807, 2.05) is 72.1 Å². The number of nitrogens with two attached hydrogens (primary N) is 1. The number of carbonyl (C=O) groups is 1. The number of nitrogens with one attached hydrogen (secondary N) is 2. The molecular weight excluding hydrogens is 436 g/mol. The van der Waals surface area contributed by atoms with Gasteiger partial charge in [0.2, 0.25) is 5.91 Å². The fourth-order valence-corrected chi connectivity index (χ4v) is 5.55. The van der Waals surface area contributed by atoms with Gasteiger partial charge in [-0.3, -0.25) is 10.2 Å². The van der Waals surface area contributed by atoms with E-state index in [0.29, 0.717) is 12.0 Å². The molecule has 7 heteroatoms. The summed E-state index contributed by atoms with van der Waals surface area (Å²) in [5.74, 6) is -0.429. The molecule has 32 heavy (non-hydrogen) atoms. The molecule has 2 heterocycles. The molecule has 0 saturated carbocycles. The summed E-state index contributed by atoms with van der Waals surface area (Å²) in [6, 6.07) is 21.5. The predicted molar refractivity (Wildman–Crippen MR) is 134 cm³/mol. The quantitative estimate of drug-likeness (QED) is 0.224. The second kappa shape index (κ2) is 8.53. The molecule has 0 aliphatic rings.